The average molecular weight is 294 g/mol. The number of piperazine rings is 1. The molecule has 0 radical (unpaired) electrons. The summed E-state index contributed by atoms with van der Waals surface area (Å²) in [6, 6.07) is 1.43. The highest BCUT2D eigenvalue weighted by atomic mass is 16.5. The first-order valence-corrected chi connectivity index (χ1v) is 9.14. The van der Waals surface area contributed by atoms with Crippen molar-refractivity contribution in [1.82, 2.24) is 10.2 Å². The van der Waals surface area contributed by atoms with Gasteiger partial charge in [-0.05, 0) is 51.4 Å². The molecule has 3 rings (SSSR count). The lowest BCUT2D eigenvalue weighted by Crippen LogP contribution is -2.60. The van der Waals surface area contributed by atoms with E-state index in [1.54, 1.807) is 0 Å². The van der Waals surface area contributed by atoms with Gasteiger partial charge in [0.2, 0.25) is 0 Å². The quantitative estimate of drug-likeness (QED) is 0.843. The molecule has 4 atom stereocenters. The standard InChI is InChI=1S/C18H34N2O/c1-5-13(2)16-12-20(17(10-19-16)14-6-7-14)11-15-8-9-18(3,4)21-15/h13-17,19H,5-12H2,1-4H3. The Bertz CT molecular complexity index is 353. The van der Waals surface area contributed by atoms with Crippen LogP contribution in [0.3, 0.4) is 0 Å². The highest BCUT2D eigenvalue weighted by Gasteiger charge is 2.41. The summed E-state index contributed by atoms with van der Waals surface area (Å²) < 4.78 is 6.26. The Morgan fingerprint density at radius 2 is 2.05 bits per heavy atom. The van der Waals surface area contributed by atoms with Crippen molar-refractivity contribution < 1.29 is 4.74 Å². The Hall–Kier alpha value is -0.120. The van der Waals surface area contributed by atoms with E-state index in [9.17, 15) is 0 Å². The lowest BCUT2D eigenvalue weighted by atomic mass is 9.94. The summed E-state index contributed by atoms with van der Waals surface area (Å²) in [5.74, 6) is 1.72. The molecule has 1 aliphatic carbocycles. The predicted octanol–water partition coefficient (Wildman–Crippen LogP) is 3.04. The van der Waals surface area contributed by atoms with Gasteiger partial charge in [-0.1, -0.05) is 20.3 Å². The smallest absolute Gasteiger partial charge is 0.0710 e. The maximum Gasteiger partial charge on any atom is 0.0710 e. The Morgan fingerprint density at radius 1 is 1.29 bits per heavy atom. The molecule has 3 heteroatoms. The summed E-state index contributed by atoms with van der Waals surface area (Å²) in [6.07, 6.45) is 7.06. The number of hydrogen-bond donors (Lipinski definition) is 1. The molecule has 3 fully saturated rings. The van der Waals surface area contributed by atoms with Crippen molar-refractivity contribution in [3.8, 4) is 0 Å². The van der Waals surface area contributed by atoms with Crippen LogP contribution in [0.4, 0.5) is 0 Å². The van der Waals surface area contributed by atoms with E-state index in [0.717, 1.165) is 24.4 Å². The molecule has 3 nitrogen and oxygen atoms in total. The van der Waals surface area contributed by atoms with Crippen molar-refractivity contribution in [3.63, 3.8) is 0 Å². The minimum absolute atomic E-state index is 0.101. The van der Waals surface area contributed by atoms with E-state index >= 15 is 0 Å². The van der Waals surface area contributed by atoms with Gasteiger partial charge in [-0.25, -0.2) is 0 Å². The molecule has 3 aliphatic rings. The number of ether oxygens (including phenoxy) is 1. The lowest BCUT2D eigenvalue weighted by molar-refractivity contribution is -0.0416. The van der Waals surface area contributed by atoms with Crippen LogP contribution in [0.2, 0.25) is 0 Å². The second-order valence-electron chi connectivity index (χ2n) is 8.30. The minimum atomic E-state index is 0.101. The molecule has 0 aromatic heterocycles. The number of rotatable bonds is 5. The van der Waals surface area contributed by atoms with Gasteiger partial charge in [-0.3, -0.25) is 4.90 Å². The zero-order valence-corrected chi connectivity index (χ0v) is 14.4. The molecule has 0 spiro atoms. The van der Waals surface area contributed by atoms with E-state index in [-0.39, 0.29) is 5.60 Å². The van der Waals surface area contributed by atoms with E-state index in [2.05, 4.69) is 37.9 Å². The molecule has 0 aromatic rings. The zero-order valence-electron chi connectivity index (χ0n) is 14.4. The monoisotopic (exact) mass is 294 g/mol. The summed E-state index contributed by atoms with van der Waals surface area (Å²) >= 11 is 0. The van der Waals surface area contributed by atoms with Gasteiger partial charge in [0.05, 0.1) is 11.7 Å². The average Bonchev–Trinajstić information content (AvgIpc) is 3.23. The highest BCUT2D eigenvalue weighted by molar-refractivity contribution is 4.97. The second-order valence-corrected chi connectivity index (χ2v) is 8.30. The maximum atomic E-state index is 6.26. The van der Waals surface area contributed by atoms with Crippen molar-refractivity contribution >= 4 is 0 Å². The molecule has 0 amide bonds. The number of nitrogens with zero attached hydrogens (tertiary/aromatic N) is 1. The van der Waals surface area contributed by atoms with Gasteiger partial charge in [0.1, 0.15) is 0 Å². The molecule has 2 heterocycles. The lowest BCUT2D eigenvalue weighted by Gasteiger charge is -2.43. The maximum absolute atomic E-state index is 6.26. The van der Waals surface area contributed by atoms with Gasteiger partial charge in [0.15, 0.2) is 0 Å². The van der Waals surface area contributed by atoms with Crippen LogP contribution < -0.4 is 5.32 Å². The molecule has 0 aromatic carbocycles. The van der Waals surface area contributed by atoms with Gasteiger partial charge in [-0.15, -0.1) is 0 Å². The van der Waals surface area contributed by atoms with Crippen LogP contribution in [0, 0.1) is 11.8 Å². The molecule has 1 N–H and O–H groups in total. The Balaban J connectivity index is 1.60. The van der Waals surface area contributed by atoms with Crippen molar-refractivity contribution in [1.29, 1.82) is 0 Å². The molecule has 122 valence electrons. The fourth-order valence-electron chi connectivity index (χ4n) is 4.14. The minimum Gasteiger partial charge on any atom is -0.371 e. The van der Waals surface area contributed by atoms with E-state index in [1.807, 2.05) is 0 Å². The first-order valence-electron chi connectivity index (χ1n) is 9.14. The van der Waals surface area contributed by atoms with Crippen molar-refractivity contribution in [3.05, 3.63) is 0 Å². The van der Waals surface area contributed by atoms with Crippen molar-refractivity contribution in [2.45, 2.75) is 83.6 Å². The molecular formula is C18H34N2O. The van der Waals surface area contributed by atoms with Crippen LogP contribution in [-0.4, -0.2) is 48.3 Å². The fraction of sp³-hybridized carbons (Fsp3) is 1.00. The molecule has 1 saturated carbocycles. The van der Waals surface area contributed by atoms with Gasteiger partial charge < -0.3 is 10.1 Å². The van der Waals surface area contributed by atoms with Crippen LogP contribution in [0.25, 0.3) is 0 Å². The Morgan fingerprint density at radius 3 is 2.62 bits per heavy atom. The SMILES string of the molecule is CCC(C)C1CN(CC2CCC(C)(C)O2)C(C2CC2)CN1. The summed E-state index contributed by atoms with van der Waals surface area (Å²) in [6.45, 7) is 12.7. The summed E-state index contributed by atoms with van der Waals surface area (Å²) in [7, 11) is 0. The van der Waals surface area contributed by atoms with Gasteiger partial charge >= 0.3 is 0 Å². The first kappa shape index (κ1) is 15.8. The van der Waals surface area contributed by atoms with Crippen LogP contribution >= 0.6 is 0 Å². The molecular weight excluding hydrogens is 260 g/mol. The van der Waals surface area contributed by atoms with E-state index in [0.29, 0.717) is 12.1 Å². The van der Waals surface area contributed by atoms with Crippen LogP contribution in [0.5, 0.6) is 0 Å². The van der Waals surface area contributed by atoms with E-state index in [4.69, 9.17) is 4.74 Å². The topological polar surface area (TPSA) is 24.5 Å². The summed E-state index contributed by atoms with van der Waals surface area (Å²) in [5, 5.41) is 3.83. The third-order valence-corrected chi connectivity index (χ3v) is 5.98. The Labute approximate surface area is 130 Å². The van der Waals surface area contributed by atoms with E-state index < -0.39 is 0 Å². The van der Waals surface area contributed by atoms with E-state index in [1.165, 1.54) is 45.2 Å². The van der Waals surface area contributed by atoms with Gasteiger partial charge in [0, 0.05) is 31.7 Å². The van der Waals surface area contributed by atoms with Gasteiger partial charge in [0.25, 0.3) is 0 Å². The molecule has 2 saturated heterocycles. The largest absolute Gasteiger partial charge is 0.371 e. The normalized spacial score (nSPS) is 38.6. The molecule has 2 aliphatic heterocycles. The van der Waals surface area contributed by atoms with Crippen LogP contribution in [-0.2, 0) is 4.74 Å². The molecule has 21 heavy (non-hydrogen) atoms. The van der Waals surface area contributed by atoms with Gasteiger partial charge in [-0.2, -0.15) is 0 Å². The third-order valence-electron chi connectivity index (χ3n) is 5.98. The fourth-order valence-corrected chi connectivity index (χ4v) is 4.14. The summed E-state index contributed by atoms with van der Waals surface area (Å²) in [5.41, 5.74) is 0.101. The Kier molecular flexibility index (Phi) is 4.63. The predicted molar refractivity (Wildman–Crippen MR) is 87.5 cm³/mol. The summed E-state index contributed by atoms with van der Waals surface area (Å²) in [4.78, 5) is 2.77. The van der Waals surface area contributed by atoms with Crippen LogP contribution in [0.1, 0.15) is 59.8 Å². The number of nitrogens with one attached hydrogen (secondary N) is 1. The second kappa shape index (κ2) is 6.17. The van der Waals surface area contributed by atoms with Crippen molar-refractivity contribution in [2.75, 3.05) is 19.6 Å². The molecule has 4 unspecified atom stereocenters. The third kappa shape index (κ3) is 3.80. The highest BCUT2D eigenvalue weighted by Crippen LogP contribution is 2.38. The van der Waals surface area contributed by atoms with Crippen LogP contribution in [0.15, 0.2) is 0 Å². The number of hydrogen-bond acceptors (Lipinski definition) is 3. The zero-order chi connectivity index (χ0) is 15.0. The molecule has 0 bridgehead atoms. The first-order chi connectivity index (χ1) is 9.98. The van der Waals surface area contributed by atoms with Crippen molar-refractivity contribution in [2.24, 2.45) is 11.8 Å².